The number of carbonyl (C=O) groups is 1. The van der Waals surface area contributed by atoms with Crippen LogP contribution in [0.5, 0.6) is 0 Å². The van der Waals surface area contributed by atoms with Crippen LogP contribution < -0.4 is 0 Å². The van der Waals surface area contributed by atoms with Crippen molar-refractivity contribution in [3.63, 3.8) is 0 Å². The number of ketones is 1. The van der Waals surface area contributed by atoms with Crippen LogP contribution in [0.4, 0.5) is 4.39 Å². The van der Waals surface area contributed by atoms with E-state index < -0.39 is 0 Å². The van der Waals surface area contributed by atoms with Gasteiger partial charge in [0.1, 0.15) is 11.6 Å². The summed E-state index contributed by atoms with van der Waals surface area (Å²) in [5, 5.41) is 0. The monoisotopic (exact) mass is 268 g/mol. The number of hydrogen-bond acceptors (Lipinski definition) is 2. The maximum Gasteiger partial charge on any atom is 0.143 e. The average molecular weight is 268 g/mol. The van der Waals surface area contributed by atoms with E-state index in [1.807, 2.05) is 0 Å². The van der Waals surface area contributed by atoms with Crippen molar-refractivity contribution in [2.45, 2.75) is 50.3 Å². The zero-order valence-corrected chi connectivity index (χ0v) is 11.8. The molecule has 0 N–H and O–H groups in total. The van der Waals surface area contributed by atoms with Crippen LogP contribution in [0, 0.1) is 5.82 Å². The Balaban J connectivity index is 2.11. The van der Waals surface area contributed by atoms with E-state index in [2.05, 4.69) is 6.92 Å². The van der Waals surface area contributed by atoms with E-state index in [1.165, 1.54) is 43.2 Å². The van der Waals surface area contributed by atoms with Gasteiger partial charge in [-0.15, -0.1) is 11.8 Å². The molecule has 3 heteroatoms. The SMILES string of the molecule is CCCCCCCC(=O)CSc1ccc(F)cc1. The summed E-state index contributed by atoms with van der Waals surface area (Å²) in [4.78, 5) is 12.6. The standard InChI is InChI=1S/C15H21FOS/c1-2-3-4-5-6-7-14(17)12-18-15-10-8-13(16)9-11-15/h8-11H,2-7,12H2,1H3. The minimum Gasteiger partial charge on any atom is -0.299 e. The Morgan fingerprint density at radius 2 is 1.78 bits per heavy atom. The number of benzene rings is 1. The number of halogens is 1. The first-order valence-electron chi connectivity index (χ1n) is 6.62. The maximum absolute atomic E-state index is 12.7. The van der Waals surface area contributed by atoms with E-state index >= 15 is 0 Å². The number of carbonyl (C=O) groups excluding carboxylic acids is 1. The molecule has 0 spiro atoms. The quantitative estimate of drug-likeness (QED) is 0.470. The van der Waals surface area contributed by atoms with Gasteiger partial charge in [0.05, 0.1) is 5.75 Å². The van der Waals surface area contributed by atoms with Gasteiger partial charge in [-0.2, -0.15) is 0 Å². The maximum atomic E-state index is 12.7. The van der Waals surface area contributed by atoms with Crippen LogP contribution in [0.15, 0.2) is 29.2 Å². The summed E-state index contributed by atoms with van der Waals surface area (Å²) in [6, 6.07) is 6.29. The highest BCUT2D eigenvalue weighted by molar-refractivity contribution is 8.00. The molecule has 1 aromatic rings. The average Bonchev–Trinajstić information content (AvgIpc) is 2.38. The molecule has 100 valence electrons. The van der Waals surface area contributed by atoms with Crippen LogP contribution in [0.3, 0.4) is 0 Å². The zero-order valence-electron chi connectivity index (χ0n) is 11.0. The Hall–Kier alpha value is -0.830. The molecule has 18 heavy (non-hydrogen) atoms. The number of hydrogen-bond donors (Lipinski definition) is 0. The van der Waals surface area contributed by atoms with Crippen molar-refractivity contribution in [1.29, 1.82) is 0 Å². The van der Waals surface area contributed by atoms with Crippen LogP contribution in [0.2, 0.25) is 0 Å². The molecule has 0 saturated heterocycles. The third-order valence-corrected chi connectivity index (χ3v) is 3.84. The van der Waals surface area contributed by atoms with Gasteiger partial charge in [0.2, 0.25) is 0 Å². The molecule has 0 bridgehead atoms. The first-order chi connectivity index (χ1) is 8.72. The summed E-state index contributed by atoms with van der Waals surface area (Å²) in [5.41, 5.74) is 0. The molecule has 0 saturated carbocycles. The van der Waals surface area contributed by atoms with Gasteiger partial charge < -0.3 is 0 Å². The molecular weight excluding hydrogens is 247 g/mol. The Bertz CT molecular complexity index is 348. The number of rotatable bonds is 9. The summed E-state index contributed by atoms with van der Waals surface area (Å²) in [7, 11) is 0. The molecule has 1 aromatic carbocycles. The van der Waals surface area contributed by atoms with Gasteiger partial charge in [-0.3, -0.25) is 4.79 Å². The third kappa shape index (κ3) is 6.80. The molecule has 0 fully saturated rings. The lowest BCUT2D eigenvalue weighted by Gasteiger charge is -2.02. The van der Waals surface area contributed by atoms with Crippen LogP contribution in [-0.4, -0.2) is 11.5 Å². The van der Waals surface area contributed by atoms with Crippen LogP contribution in [-0.2, 0) is 4.79 Å². The fraction of sp³-hybridized carbons (Fsp3) is 0.533. The summed E-state index contributed by atoms with van der Waals surface area (Å²) < 4.78 is 12.7. The molecule has 0 amide bonds. The molecule has 0 radical (unpaired) electrons. The second-order valence-corrected chi connectivity index (χ2v) is 5.49. The molecule has 1 nitrogen and oxygen atoms in total. The lowest BCUT2D eigenvalue weighted by atomic mass is 10.1. The Morgan fingerprint density at radius 1 is 1.11 bits per heavy atom. The van der Waals surface area contributed by atoms with Gasteiger partial charge in [0.15, 0.2) is 0 Å². The van der Waals surface area contributed by atoms with Crippen molar-refractivity contribution in [2.24, 2.45) is 0 Å². The van der Waals surface area contributed by atoms with Crippen molar-refractivity contribution in [2.75, 3.05) is 5.75 Å². The normalized spacial score (nSPS) is 10.6. The van der Waals surface area contributed by atoms with E-state index in [1.54, 1.807) is 12.1 Å². The molecule has 0 unspecified atom stereocenters. The lowest BCUT2D eigenvalue weighted by molar-refractivity contribution is -0.116. The largest absolute Gasteiger partial charge is 0.299 e. The minimum atomic E-state index is -0.235. The first-order valence-corrected chi connectivity index (χ1v) is 7.61. The number of Topliss-reactive ketones (excluding diaryl/α,β-unsaturated/α-hetero) is 1. The van der Waals surface area contributed by atoms with Gasteiger partial charge in [0.25, 0.3) is 0 Å². The number of unbranched alkanes of at least 4 members (excludes halogenated alkanes) is 4. The second kappa shape index (κ2) is 9.15. The van der Waals surface area contributed by atoms with Crippen molar-refractivity contribution in [3.8, 4) is 0 Å². The van der Waals surface area contributed by atoms with Crippen molar-refractivity contribution < 1.29 is 9.18 Å². The number of thioether (sulfide) groups is 1. The van der Waals surface area contributed by atoms with Gasteiger partial charge in [-0.1, -0.05) is 32.6 Å². The topological polar surface area (TPSA) is 17.1 Å². The lowest BCUT2D eigenvalue weighted by Crippen LogP contribution is -2.00. The van der Waals surface area contributed by atoms with Gasteiger partial charge >= 0.3 is 0 Å². The third-order valence-electron chi connectivity index (χ3n) is 2.77. The Morgan fingerprint density at radius 3 is 2.44 bits per heavy atom. The van der Waals surface area contributed by atoms with E-state index in [0.717, 1.165) is 17.7 Å². The first kappa shape index (κ1) is 15.2. The second-order valence-electron chi connectivity index (χ2n) is 4.45. The fourth-order valence-corrected chi connectivity index (χ4v) is 2.49. The van der Waals surface area contributed by atoms with E-state index in [4.69, 9.17) is 0 Å². The zero-order chi connectivity index (χ0) is 13.2. The van der Waals surface area contributed by atoms with E-state index in [0.29, 0.717) is 18.0 Å². The Labute approximate surface area is 113 Å². The van der Waals surface area contributed by atoms with Gasteiger partial charge in [-0.25, -0.2) is 4.39 Å². The van der Waals surface area contributed by atoms with Crippen molar-refractivity contribution >= 4 is 17.5 Å². The molecule has 0 aromatic heterocycles. The smallest absolute Gasteiger partial charge is 0.143 e. The summed E-state index contributed by atoms with van der Waals surface area (Å²) in [5.74, 6) is 0.557. The highest BCUT2D eigenvalue weighted by Crippen LogP contribution is 2.19. The van der Waals surface area contributed by atoms with Crippen LogP contribution in [0.1, 0.15) is 45.4 Å². The molecule has 1 rings (SSSR count). The molecular formula is C15H21FOS. The molecule has 0 aliphatic rings. The van der Waals surface area contributed by atoms with Gasteiger partial charge in [-0.05, 0) is 30.7 Å². The molecule has 0 aliphatic carbocycles. The Kier molecular flexibility index (Phi) is 7.74. The predicted octanol–water partition coefficient (Wildman–Crippen LogP) is 4.85. The highest BCUT2D eigenvalue weighted by atomic mass is 32.2. The predicted molar refractivity (Wildman–Crippen MR) is 75.5 cm³/mol. The molecule has 0 atom stereocenters. The van der Waals surface area contributed by atoms with E-state index in [9.17, 15) is 9.18 Å². The summed E-state index contributed by atoms with van der Waals surface area (Å²) in [6.07, 6.45) is 6.56. The summed E-state index contributed by atoms with van der Waals surface area (Å²) in [6.45, 7) is 2.19. The summed E-state index contributed by atoms with van der Waals surface area (Å²) >= 11 is 1.49. The van der Waals surface area contributed by atoms with Crippen LogP contribution in [0.25, 0.3) is 0 Å². The fourth-order valence-electron chi connectivity index (χ4n) is 1.69. The minimum absolute atomic E-state index is 0.235. The van der Waals surface area contributed by atoms with E-state index in [-0.39, 0.29) is 5.82 Å². The molecule has 0 aliphatic heterocycles. The molecule has 0 heterocycles. The highest BCUT2D eigenvalue weighted by Gasteiger charge is 2.03. The van der Waals surface area contributed by atoms with Crippen molar-refractivity contribution in [1.82, 2.24) is 0 Å². The van der Waals surface area contributed by atoms with Gasteiger partial charge in [0, 0.05) is 11.3 Å². The van der Waals surface area contributed by atoms with Crippen LogP contribution >= 0.6 is 11.8 Å². The van der Waals surface area contributed by atoms with Crippen molar-refractivity contribution in [3.05, 3.63) is 30.1 Å².